The highest BCUT2D eigenvalue weighted by atomic mass is 16.5. The molecule has 0 aliphatic heterocycles. The van der Waals surface area contributed by atoms with Crippen molar-refractivity contribution in [2.24, 2.45) is 0 Å². The second-order valence-corrected chi connectivity index (χ2v) is 5.15. The zero-order valence-electron chi connectivity index (χ0n) is 13.1. The molecular weight excluding hydrogens is 264 g/mol. The van der Waals surface area contributed by atoms with Gasteiger partial charge in [-0.05, 0) is 43.3 Å². The molecule has 2 aromatic rings. The number of ether oxygens (including phenoxy) is 1. The van der Waals surface area contributed by atoms with Crippen LogP contribution in [0.5, 0.6) is 5.75 Å². The molecule has 21 heavy (non-hydrogen) atoms. The first-order valence-electron chi connectivity index (χ1n) is 7.35. The van der Waals surface area contributed by atoms with Gasteiger partial charge in [-0.25, -0.2) is 0 Å². The highest BCUT2D eigenvalue weighted by Gasteiger charge is 2.06. The number of nitrogens with zero attached hydrogens (tertiary/aromatic N) is 1. The Bertz CT molecular complexity index is 534. The molecule has 0 amide bonds. The second kappa shape index (κ2) is 7.74. The molecule has 0 saturated heterocycles. The molecule has 4 heteroatoms. The van der Waals surface area contributed by atoms with E-state index >= 15 is 0 Å². The number of hydrogen-bond acceptors (Lipinski definition) is 4. The van der Waals surface area contributed by atoms with Crippen LogP contribution in [0.25, 0.3) is 0 Å². The number of benzene rings is 1. The van der Waals surface area contributed by atoms with Gasteiger partial charge in [-0.1, -0.05) is 6.92 Å². The van der Waals surface area contributed by atoms with Crippen LogP contribution in [0.4, 0.5) is 5.69 Å². The summed E-state index contributed by atoms with van der Waals surface area (Å²) in [4.78, 5) is 2.15. The van der Waals surface area contributed by atoms with Gasteiger partial charge in [-0.15, -0.1) is 0 Å². The van der Waals surface area contributed by atoms with Gasteiger partial charge in [0, 0.05) is 24.8 Å². The molecule has 0 aliphatic carbocycles. The molecule has 0 spiro atoms. The van der Waals surface area contributed by atoms with Crippen LogP contribution in [0, 0.1) is 0 Å². The molecule has 0 unspecified atom stereocenters. The highest BCUT2D eigenvalue weighted by molar-refractivity contribution is 5.48. The first-order chi connectivity index (χ1) is 10.2. The Balaban J connectivity index is 1.90. The third-order valence-corrected chi connectivity index (χ3v) is 3.37. The molecule has 0 radical (unpaired) electrons. The van der Waals surface area contributed by atoms with Crippen LogP contribution in [0.15, 0.2) is 41.0 Å². The van der Waals surface area contributed by atoms with Gasteiger partial charge in [0.25, 0.3) is 0 Å². The SMILES string of the molecule is CCCNCc1coc(CN(C)c2ccc(OC)cc2)c1. The Hall–Kier alpha value is -1.94. The van der Waals surface area contributed by atoms with Crippen LogP contribution in [0.2, 0.25) is 0 Å². The minimum absolute atomic E-state index is 0.750. The lowest BCUT2D eigenvalue weighted by molar-refractivity contribution is 0.415. The fraction of sp³-hybridized carbons (Fsp3) is 0.412. The van der Waals surface area contributed by atoms with Crippen molar-refractivity contribution in [3.63, 3.8) is 0 Å². The Kier molecular flexibility index (Phi) is 5.69. The van der Waals surface area contributed by atoms with Crippen molar-refractivity contribution in [2.75, 3.05) is 25.6 Å². The Morgan fingerprint density at radius 1 is 1.24 bits per heavy atom. The molecule has 0 saturated carbocycles. The maximum Gasteiger partial charge on any atom is 0.123 e. The van der Waals surface area contributed by atoms with Crippen molar-refractivity contribution in [3.8, 4) is 5.75 Å². The average Bonchev–Trinajstić information content (AvgIpc) is 2.95. The third kappa shape index (κ3) is 4.53. The molecule has 1 aromatic carbocycles. The van der Waals surface area contributed by atoms with Crippen molar-refractivity contribution < 1.29 is 9.15 Å². The van der Waals surface area contributed by atoms with Crippen LogP contribution in [0.3, 0.4) is 0 Å². The standard InChI is InChI=1S/C17H24N2O2/c1-4-9-18-11-14-10-17(21-13-14)12-19(2)15-5-7-16(20-3)8-6-15/h5-8,10,13,18H,4,9,11-12H2,1-3H3. The molecule has 1 aromatic heterocycles. The van der Waals surface area contributed by atoms with Crippen molar-refractivity contribution in [3.05, 3.63) is 47.9 Å². The van der Waals surface area contributed by atoms with Crippen molar-refractivity contribution in [1.29, 1.82) is 0 Å². The van der Waals surface area contributed by atoms with E-state index < -0.39 is 0 Å². The summed E-state index contributed by atoms with van der Waals surface area (Å²) in [6.07, 6.45) is 2.98. The van der Waals surface area contributed by atoms with E-state index in [0.29, 0.717) is 0 Å². The molecule has 2 rings (SSSR count). The summed E-state index contributed by atoms with van der Waals surface area (Å²) in [6, 6.07) is 10.1. The van der Waals surface area contributed by atoms with Crippen LogP contribution >= 0.6 is 0 Å². The van der Waals surface area contributed by atoms with E-state index in [2.05, 4.69) is 30.3 Å². The lowest BCUT2D eigenvalue weighted by Crippen LogP contribution is -2.16. The predicted octanol–water partition coefficient (Wildman–Crippen LogP) is 3.42. The fourth-order valence-corrected chi connectivity index (χ4v) is 2.17. The van der Waals surface area contributed by atoms with E-state index in [-0.39, 0.29) is 0 Å². The van der Waals surface area contributed by atoms with Crippen molar-refractivity contribution >= 4 is 5.69 Å². The van der Waals surface area contributed by atoms with Crippen LogP contribution in [0.1, 0.15) is 24.7 Å². The van der Waals surface area contributed by atoms with E-state index in [9.17, 15) is 0 Å². The molecule has 1 heterocycles. The summed E-state index contributed by atoms with van der Waals surface area (Å²) in [7, 11) is 3.73. The van der Waals surface area contributed by atoms with E-state index in [1.165, 1.54) is 5.56 Å². The van der Waals surface area contributed by atoms with Gasteiger partial charge in [0.1, 0.15) is 11.5 Å². The number of anilines is 1. The van der Waals surface area contributed by atoms with Gasteiger partial charge in [0.15, 0.2) is 0 Å². The zero-order valence-corrected chi connectivity index (χ0v) is 13.1. The van der Waals surface area contributed by atoms with E-state index in [1.54, 1.807) is 7.11 Å². The van der Waals surface area contributed by atoms with Gasteiger partial charge >= 0.3 is 0 Å². The van der Waals surface area contributed by atoms with Gasteiger partial charge < -0.3 is 19.4 Å². The van der Waals surface area contributed by atoms with E-state index in [1.807, 2.05) is 30.5 Å². The number of rotatable bonds is 8. The Morgan fingerprint density at radius 3 is 2.67 bits per heavy atom. The molecule has 114 valence electrons. The lowest BCUT2D eigenvalue weighted by atomic mass is 10.2. The largest absolute Gasteiger partial charge is 0.497 e. The Labute approximate surface area is 126 Å². The van der Waals surface area contributed by atoms with Crippen LogP contribution in [-0.2, 0) is 13.1 Å². The van der Waals surface area contributed by atoms with Crippen LogP contribution in [-0.4, -0.2) is 20.7 Å². The fourth-order valence-electron chi connectivity index (χ4n) is 2.17. The minimum atomic E-state index is 0.750. The lowest BCUT2D eigenvalue weighted by Gasteiger charge is -2.18. The third-order valence-electron chi connectivity index (χ3n) is 3.37. The first-order valence-corrected chi connectivity index (χ1v) is 7.35. The number of nitrogens with one attached hydrogen (secondary N) is 1. The first kappa shape index (κ1) is 15.4. The number of methoxy groups -OCH3 is 1. The van der Waals surface area contributed by atoms with Gasteiger partial charge in [0.2, 0.25) is 0 Å². The summed E-state index contributed by atoms with van der Waals surface area (Å²) in [5, 5.41) is 3.37. The normalized spacial score (nSPS) is 10.6. The van der Waals surface area contributed by atoms with E-state index in [0.717, 1.165) is 43.3 Å². The molecule has 0 atom stereocenters. The number of hydrogen-bond donors (Lipinski definition) is 1. The maximum atomic E-state index is 5.63. The maximum absolute atomic E-state index is 5.63. The topological polar surface area (TPSA) is 37.6 Å². The molecule has 0 fully saturated rings. The highest BCUT2D eigenvalue weighted by Crippen LogP contribution is 2.20. The summed E-state index contributed by atoms with van der Waals surface area (Å²) in [5.74, 6) is 1.84. The van der Waals surface area contributed by atoms with Crippen LogP contribution < -0.4 is 15.0 Å². The van der Waals surface area contributed by atoms with Gasteiger partial charge in [-0.2, -0.15) is 0 Å². The smallest absolute Gasteiger partial charge is 0.123 e. The van der Waals surface area contributed by atoms with Gasteiger partial charge in [0.05, 0.1) is 19.9 Å². The molecule has 1 N–H and O–H groups in total. The van der Waals surface area contributed by atoms with Crippen molar-refractivity contribution in [1.82, 2.24) is 5.32 Å². The number of furan rings is 1. The zero-order chi connectivity index (χ0) is 15.1. The summed E-state index contributed by atoms with van der Waals surface area (Å²) >= 11 is 0. The molecule has 0 aliphatic rings. The molecule has 0 bridgehead atoms. The van der Waals surface area contributed by atoms with Crippen molar-refractivity contribution in [2.45, 2.75) is 26.4 Å². The second-order valence-electron chi connectivity index (χ2n) is 5.15. The monoisotopic (exact) mass is 288 g/mol. The predicted molar refractivity (Wildman–Crippen MR) is 85.8 cm³/mol. The minimum Gasteiger partial charge on any atom is -0.497 e. The summed E-state index contributed by atoms with van der Waals surface area (Å²) in [5.41, 5.74) is 2.33. The molecular formula is C17H24N2O2. The van der Waals surface area contributed by atoms with Gasteiger partial charge in [-0.3, -0.25) is 0 Å². The molecule has 4 nitrogen and oxygen atoms in total. The van der Waals surface area contributed by atoms with E-state index in [4.69, 9.17) is 9.15 Å². The summed E-state index contributed by atoms with van der Waals surface area (Å²) < 4.78 is 10.8. The average molecular weight is 288 g/mol. The summed E-state index contributed by atoms with van der Waals surface area (Å²) in [6.45, 7) is 4.81. The quantitative estimate of drug-likeness (QED) is 0.755. The Morgan fingerprint density at radius 2 is 2.00 bits per heavy atom.